The zero-order valence-corrected chi connectivity index (χ0v) is 9.40. The number of hydrogen-bond donors (Lipinski definition) is 0. The van der Waals surface area contributed by atoms with Gasteiger partial charge in [-0.1, -0.05) is 0 Å². The highest BCUT2D eigenvalue weighted by Gasteiger charge is 2.05. The Kier molecular flexibility index (Phi) is 4.14. The fraction of sp³-hybridized carbons (Fsp3) is 0.417. The van der Waals surface area contributed by atoms with E-state index in [1.165, 1.54) is 0 Å². The Balaban J connectivity index is 2.66. The molecule has 0 radical (unpaired) electrons. The topological polar surface area (TPSA) is 36.3 Å². The monoisotopic (exact) mass is 204 g/mol. The Labute approximate surface area is 90.9 Å². The average molecular weight is 204 g/mol. The maximum absolute atomic E-state index is 8.67. The van der Waals surface area contributed by atoms with E-state index in [0.29, 0.717) is 5.56 Å². The van der Waals surface area contributed by atoms with E-state index in [1.54, 1.807) is 7.11 Å². The number of nitriles is 1. The molecule has 0 fully saturated rings. The summed E-state index contributed by atoms with van der Waals surface area (Å²) in [6.45, 7) is 2.86. The fourth-order valence-electron chi connectivity index (χ4n) is 1.36. The SMILES string of the molecule is COC(C)CN(C)c1ccc(C#N)cc1. The summed E-state index contributed by atoms with van der Waals surface area (Å²) >= 11 is 0. The van der Waals surface area contributed by atoms with Gasteiger partial charge in [-0.25, -0.2) is 0 Å². The Morgan fingerprint density at radius 3 is 2.47 bits per heavy atom. The zero-order valence-electron chi connectivity index (χ0n) is 9.40. The van der Waals surface area contributed by atoms with Crippen LogP contribution in [0.3, 0.4) is 0 Å². The Morgan fingerprint density at radius 2 is 2.00 bits per heavy atom. The van der Waals surface area contributed by atoms with E-state index in [0.717, 1.165) is 12.2 Å². The van der Waals surface area contributed by atoms with E-state index < -0.39 is 0 Å². The van der Waals surface area contributed by atoms with Gasteiger partial charge in [0.25, 0.3) is 0 Å². The van der Waals surface area contributed by atoms with Crippen molar-refractivity contribution in [2.24, 2.45) is 0 Å². The third-order valence-electron chi connectivity index (χ3n) is 2.37. The second kappa shape index (κ2) is 5.38. The molecule has 1 aromatic carbocycles. The predicted molar refractivity (Wildman–Crippen MR) is 60.9 cm³/mol. The molecule has 0 aliphatic heterocycles. The molecule has 15 heavy (non-hydrogen) atoms. The molecule has 0 N–H and O–H groups in total. The van der Waals surface area contributed by atoms with Crippen LogP contribution in [0, 0.1) is 11.3 Å². The number of rotatable bonds is 4. The molecule has 1 rings (SSSR count). The third kappa shape index (κ3) is 3.26. The molecule has 1 unspecified atom stereocenters. The summed E-state index contributed by atoms with van der Waals surface area (Å²) in [5, 5.41) is 8.67. The van der Waals surface area contributed by atoms with Crippen molar-refractivity contribution < 1.29 is 4.74 Å². The lowest BCUT2D eigenvalue weighted by Crippen LogP contribution is -2.28. The first-order valence-electron chi connectivity index (χ1n) is 4.91. The largest absolute Gasteiger partial charge is 0.380 e. The van der Waals surface area contributed by atoms with Crippen LogP contribution in [0.4, 0.5) is 5.69 Å². The van der Waals surface area contributed by atoms with E-state index >= 15 is 0 Å². The molecule has 0 aliphatic rings. The van der Waals surface area contributed by atoms with Gasteiger partial charge in [-0.15, -0.1) is 0 Å². The molecule has 0 spiro atoms. The minimum atomic E-state index is 0.200. The fourth-order valence-corrected chi connectivity index (χ4v) is 1.36. The summed E-state index contributed by atoms with van der Waals surface area (Å²) in [4.78, 5) is 2.11. The van der Waals surface area contributed by atoms with Crippen molar-refractivity contribution in [3.05, 3.63) is 29.8 Å². The van der Waals surface area contributed by atoms with Gasteiger partial charge in [-0.05, 0) is 31.2 Å². The molecule has 0 aromatic heterocycles. The minimum Gasteiger partial charge on any atom is -0.380 e. The highest BCUT2D eigenvalue weighted by Crippen LogP contribution is 2.13. The van der Waals surface area contributed by atoms with E-state index in [9.17, 15) is 0 Å². The van der Waals surface area contributed by atoms with E-state index in [-0.39, 0.29) is 6.10 Å². The highest BCUT2D eigenvalue weighted by molar-refractivity contribution is 5.49. The van der Waals surface area contributed by atoms with Crippen molar-refractivity contribution in [1.29, 1.82) is 5.26 Å². The number of hydrogen-bond acceptors (Lipinski definition) is 3. The van der Waals surface area contributed by atoms with Crippen molar-refractivity contribution in [1.82, 2.24) is 0 Å². The molecule has 0 aliphatic carbocycles. The summed E-state index contributed by atoms with van der Waals surface area (Å²) in [6, 6.07) is 9.64. The van der Waals surface area contributed by atoms with E-state index in [2.05, 4.69) is 11.0 Å². The van der Waals surface area contributed by atoms with Gasteiger partial charge in [0.15, 0.2) is 0 Å². The molecule has 80 valence electrons. The zero-order chi connectivity index (χ0) is 11.3. The van der Waals surface area contributed by atoms with Gasteiger partial charge in [0, 0.05) is 26.4 Å². The first-order valence-corrected chi connectivity index (χ1v) is 4.91. The van der Waals surface area contributed by atoms with Gasteiger partial charge in [0.2, 0.25) is 0 Å². The number of nitrogens with zero attached hydrogens (tertiary/aromatic N) is 2. The number of benzene rings is 1. The summed E-state index contributed by atoms with van der Waals surface area (Å²) < 4.78 is 5.19. The highest BCUT2D eigenvalue weighted by atomic mass is 16.5. The van der Waals surface area contributed by atoms with Crippen molar-refractivity contribution in [3.63, 3.8) is 0 Å². The van der Waals surface area contributed by atoms with Crippen LogP contribution in [0.1, 0.15) is 12.5 Å². The predicted octanol–water partition coefficient (Wildman–Crippen LogP) is 2.03. The van der Waals surface area contributed by atoms with Crippen molar-refractivity contribution in [3.8, 4) is 6.07 Å². The summed E-state index contributed by atoms with van der Waals surface area (Å²) in [6.07, 6.45) is 0.200. The van der Waals surface area contributed by atoms with Crippen LogP contribution in [0.15, 0.2) is 24.3 Å². The lowest BCUT2D eigenvalue weighted by molar-refractivity contribution is 0.124. The Bertz CT molecular complexity index is 340. The quantitative estimate of drug-likeness (QED) is 0.753. The van der Waals surface area contributed by atoms with Gasteiger partial charge < -0.3 is 9.64 Å². The second-order valence-corrected chi connectivity index (χ2v) is 3.59. The van der Waals surface area contributed by atoms with Crippen molar-refractivity contribution >= 4 is 5.69 Å². The molecule has 0 amide bonds. The summed E-state index contributed by atoms with van der Waals surface area (Å²) in [7, 11) is 3.72. The van der Waals surface area contributed by atoms with Crippen LogP contribution in [0.25, 0.3) is 0 Å². The first-order chi connectivity index (χ1) is 7.17. The van der Waals surface area contributed by atoms with Crippen LogP contribution in [0.5, 0.6) is 0 Å². The molecule has 0 bridgehead atoms. The third-order valence-corrected chi connectivity index (χ3v) is 2.37. The van der Waals surface area contributed by atoms with Crippen LogP contribution in [-0.4, -0.2) is 26.8 Å². The van der Waals surface area contributed by atoms with Gasteiger partial charge >= 0.3 is 0 Å². The maximum Gasteiger partial charge on any atom is 0.0991 e. The normalized spacial score (nSPS) is 11.9. The molecule has 0 saturated carbocycles. The Hall–Kier alpha value is -1.53. The van der Waals surface area contributed by atoms with Gasteiger partial charge in [0.1, 0.15) is 0 Å². The van der Waals surface area contributed by atoms with Crippen LogP contribution >= 0.6 is 0 Å². The standard InChI is InChI=1S/C12H16N2O/c1-10(15-3)9-14(2)12-6-4-11(8-13)5-7-12/h4-7,10H,9H2,1-3H3. The molecular weight excluding hydrogens is 188 g/mol. The Morgan fingerprint density at radius 1 is 1.40 bits per heavy atom. The number of anilines is 1. The van der Waals surface area contributed by atoms with Gasteiger partial charge in [0.05, 0.1) is 17.7 Å². The summed E-state index contributed by atoms with van der Waals surface area (Å²) in [5.41, 5.74) is 1.78. The number of methoxy groups -OCH3 is 1. The van der Waals surface area contributed by atoms with Crippen molar-refractivity contribution in [2.45, 2.75) is 13.0 Å². The van der Waals surface area contributed by atoms with Gasteiger partial charge in [-0.2, -0.15) is 5.26 Å². The lowest BCUT2D eigenvalue weighted by Gasteiger charge is -2.22. The van der Waals surface area contributed by atoms with E-state index in [1.807, 2.05) is 38.2 Å². The molecule has 3 heteroatoms. The summed E-state index contributed by atoms with van der Waals surface area (Å²) in [5.74, 6) is 0. The van der Waals surface area contributed by atoms with Crippen LogP contribution in [0.2, 0.25) is 0 Å². The molecule has 0 heterocycles. The lowest BCUT2D eigenvalue weighted by atomic mass is 10.2. The second-order valence-electron chi connectivity index (χ2n) is 3.59. The molecular formula is C12H16N2O. The van der Waals surface area contributed by atoms with Crippen LogP contribution < -0.4 is 4.90 Å². The smallest absolute Gasteiger partial charge is 0.0991 e. The molecule has 1 aromatic rings. The van der Waals surface area contributed by atoms with Crippen molar-refractivity contribution in [2.75, 3.05) is 25.6 Å². The minimum absolute atomic E-state index is 0.200. The number of likely N-dealkylation sites (N-methyl/N-ethyl adjacent to an activating group) is 1. The maximum atomic E-state index is 8.67. The first kappa shape index (κ1) is 11.5. The molecule has 0 saturated heterocycles. The molecule has 1 atom stereocenters. The molecule has 3 nitrogen and oxygen atoms in total. The van der Waals surface area contributed by atoms with Crippen LogP contribution in [-0.2, 0) is 4.74 Å². The van der Waals surface area contributed by atoms with Gasteiger partial charge in [-0.3, -0.25) is 0 Å². The van der Waals surface area contributed by atoms with E-state index in [4.69, 9.17) is 10.00 Å². The number of ether oxygens (including phenoxy) is 1. The average Bonchev–Trinajstić information content (AvgIpc) is 2.29.